The van der Waals surface area contributed by atoms with E-state index in [1.54, 1.807) is 12.1 Å². The zero-order valence-corrected chi connectivity index (χ0v) is 8.34. The maximum absolute atomic E-state index is 12.9. The van der Waals surface area contributed by atoms with Gasteiger partial charge in [-0.1, -0.05) is 19.9 Å². The molecule has 1 N–H and O–H groups in total. The molecule has 1 rings (SSSR count). The van der Waals surface area contributed by atoms with Crippen LogP contribution >= 0.6 is 0 Å². The second kappa shape index (κ2) is 4.73. The van der Waals surface area contributed by atoms with Gasteiger partial charge in [0.15, 0.2) is 0 Å². The monoisotopic (exact) mass is 192 g/mol. The maximum atomic E-state index is 12.9. The van der Waals surface area contributed by atoms with Gasteiger partial charge in [0, 0.05) is 12.6 Å². The SMILES string of the molecule is CC(C)NCc1ccc(F)c(C#N)c1. The van der Waals surface area contributed by atoms with E-state index >= 15 is 0 Å². The second-order valence-corrected chi connectivity index (χ2v) is 3.46. The molecule has 0 aliphatic heterocycles. The van der Waals surface area contributed by atoms with Gasteiger partial charge in [-0.2, -0.15) is 5.26 Å². The van der Waals surface area contributed by atoms with Crippen molar-refractivity contribution in [1.82, 2.24) is 5.32 Å². The highest BCUT2D eigenvalue weighted by Gasteiger charge is 2.02. The van der Waals surface area contributed by atoms with Crippen molar-refractivity contribution in [2.45, 2.75) is 26.4 Å². The lowest BCUT2D eigenvalue weighted by molar-refractivity contribution is 0.585. The van der Waals surface area contributed by atoms with Crippen LogP contribution in [0.5, 0.6) is 0 Å². The van der Waals surface area contributed by atoms with E-state index in [1.165, 1.54) is 6.07 Å². The van der Waals surface area contributed by atoms with Gasteiger partial charge in [-0.15, -0.1) is 0 Å². The predicted molar refractivity (Wildman–Crippen MR) is 53.1 cm³/mol. The van der Waals surface area contributed by atoms with Crippen LogP contribution < -0.4 is 5.32 Å². The van der Waals surface area contributed by atoms with Crippen LogP contribution in [0.15, 0.2) is 18.2 Å². The Morgan fingerprint density at radius 2 is 2.21 bits per heavy atom. The van der Waals surface area contributed by atoms with Crippen LogP contribution in [-0.2, 0) is 6.54 Å². The highest BCUT2D eigenvalue weighted by atomic mass is 19.1. The molecule has 1 aromatic rings. The molecule has 1 aromatic carbocycles. The van der Waals surface area contributed by atoms with Crippen LogP contribution in [-0.4, -0.2) is 6.04 Å². The van der Waals surface area contributed by atoms with E-state index in [9.17, 15) is 4.39 Å². The number of hydrogen-bond acceptors (Lipinski definition) is 2. The van der Waals surface area contributed by atoms with Crippen molar-refractivity contribution < 1.29 is 4.39 Å². The summed E-state index contributed by atoms with van der Waals surface area (Å²) in [6.07, 6.45) is 0. The van der Waals surface area contributed by atoms with Crippen LogP contribution in [0.3, 0.4) is 0 Å². The van der Waals surface area contributed by atoms with Gasteiger partial charge in [0.05, 0.1) is 5.56 Å². The van der Waals surface area contributed by atoms with Crippen LogP contribution in [0.2, 0.25) is 0 Å². The summed E-state index contributed by atoms with van der Waals surface area (Å²) in [5, 5.41) is 11.8. The average molecular weight is 192 g/mol. The molecule has 14 heavy (non-hydrogen) atoms. The van der Waals surface area contributed by atoms with Crippen LogP contribution in [0.4, 0.5) is 4.39 Å². The first-order valence-electron chi connectivity index (χ1n) is 4.55. The van der Waals surface area contributed by atoms with Gasteiger partial charge in [0.2, 0.25) is 0 Å². The van der Waals surface area contributed by atoms with Gasteiger partial charge in [0.25, 0.3) is 0 Å². The number of rotatable bonds is 3. The number of nitriles is 1. The molecule has 2 nitrogen and oxygen atoms in total. The minimum Gasteiger partial charge on any atom is -0.310 e. The Balaban J connectivity index is 2.76. The molecule has 0 saturated heterocycles. The van der Waals surface area contributed by atoms with Crippen molar-refractivity contribution in [1.29, 1.82) is 5.26 Å². The molecule has 74 valence electrons. The van der Waals surface area contributed by atoms with Crippen LogP contribution in [0.1, 0.15) is 25.0 Å². The Kier molecular flexibility index (Phi) is 3.61. The molecule has 0 amide bonds. The largest absolute Gasteiger partial charge is 0.310 e. The molecule has 0 spiro atoms. The highest BCUT2D eigenvalue weighted by Crippen LogP contribution is 2.09. The molecule has 0 fully saturated rings. The maximum Gasteiger partial charge on any atom is 0.140 e. The molecule has 0 bridgehead atoms. The standard InChI is InChI=1S/C11H13FN2/c1-8(2)14-7-9-3-4-11(12)10(5-9)6-13/h3-5,8,14H,7H2,1-2H3. The smallest absolute Gasteiger partial charge is 0.140 e. The van der Waals surface area contributed by atoms with Gasteiger partial charge < -0.3 is 5.32 Å². The third-order valence-electron chi connectivity index (χ3n) is 1.87. The number of nitrogens with zero attached hydrogens (tertiary/aromatic N) is 1. The number of hydrogen-bond donors (Lipinski definition) is 1. The summed E-state index contributed by atoms with van der Waals surface area (Å²) >= 11 is 0. The molecule has 0 saturated carbocycles. The van der Waals surface area contributed by atoms with Crippen molar-refractivity contribution >= 4 is 0 Å². The highest BCUT2D eigenvalue weighted by molar-refractivity contribution is 5.34. The van der Waals surface area contributed by atoms with Gasteiger partial charge in [-0.3, -0.25) is 0 Å². The zero-order chi connectivity index (χ0) is 10.6. The van der Waals surface area contributed by atoms with Crippen molar-refractivity contribution in [3.8, 4) is 6.07 Å². The van der Waals surface area contributed by atoms with Gasteiger partial charge in [0.1, 0.15) is 11.9 Å². The molecule has 0 heterocycles. The Bertz CT molecular complexity index is 353. The minimum absolute atomic E-state index is 0.105. The van der Waals surface area contributed by atoms with Crippen molar-refractivity contribution in [2.24, 2.45) is 0 Å². The molecular weight excluding hydrogens is 179 g/mol. The fourth-order valence-electron chi connectivity index (χ4n) is 1.09. The molecule has 3 heteroatoms. The third kappa shape index (κ3) is 2.82. The number of benzene rings is 1. The number of nitrogens with one attached hydrogen (secondary N) is 1. The van der Waals surface area contributed by atoms with Crippen molar-refractivity contribution in [3.63, 3.8) is 0 Å². The summed E-state index contributed by atoms with van der Waals surface area (Å²) in [6.45, 7) is 4.73. The van der Waals surface area contributed by atoms with Crippen LogP contribution in [0.25, 0.3) is 0 Å². The summed E-state index contributed by atoms with van der Waals surface area (Å²) in [7, 11) is 0. The topological polar surface area (TPSA) is 35.8 Å². The molecule has 0 unspecified atom stereocenters. The quantitative estimate of drug-likeness (QED) is 0.796. The zero-order valence-electron chi connectivity index (χ0n) is 8.34. The van der Waals surface area contributed by atoms with E-state index in [0.29, 0.717) is 12.6 Å². The Hall–Kier alpha value is -1.40. The van der Waals surface area contributed by atoms with E-state index < -0.39 is 5.82 Å². The van der Waals surface area contributed by atoms with Gasteiger partial charge >= 0.3 is 0 Å². The van der Waals surface area contributed by atoms with Crippen molar-refractivity contribution in [3.05, 3.63) is 35.1 Å². The lowest BCUT2D eigenvalue weighted by Crippen LogP contribution is -2.21. The van der Waals surface area contributed by atoms with E-state index in [2.05, 4.69) is 5.32 Å². The molecule has 0 aliphatic carbocycles. The Morgan fingerprint density at radius 3 is 2.79 bits per heavy atom. The third-order valence-corrected chi connectivity index (χ3v) is 1.87. The minimum atomic E-state index is -0.458. The van der Waals surface area contributed by atoms with E-state index in [1.807, 2.05) is 19.9 Å². The predicted octanol–water partition coefficient (Wildman–Crippen LogP) is 2.20. The average Bonchev–Trinajstić information content (AvgIpc) is 2.16. The van der Waals surface area contributed by atoms with E-state index in [4.69, 9.17) is 5.26 Å². The normalized spacial score (nSPS) is 10.2. The Morgan fingerprint density at radius 1 is 1.50 bits per heavy atom. The molecule has 0 aromatic heterocycles. The molecule has 0 radical (unpaired) electrons. The molecule has 0 aliphatic rings. The molecule has 0 atom stereocenters. The van der Waals surface area contributed by atoms with Crippen molar-refractivity contribution in [2.75, 3.05) is 0 Å². The summed E-state index contributed by atoms with van der Waals surface area (Å²) in [4.78, 5) is 0. The van der Waals surface area contributed by atoms with E-state index in [-0.39, 0.29) is 5.56 Å². The fraction of sp³-hybridized carbons (Fsp3) is 0.364. The van der Waals surface area contributed by atoms with Gasteiger partial charge in [-0.05, 0) is 17.7 Å². The second-order valence-electron chi connectivity index (χ2n) is 3.46. The summed E-state index contributed by atoms with van der Waals surface area (Å²) < 4.78 is 12.9. The molecular formula is C11H13FN2. The van der Waals surface area contributed by atoms with Crippen LogP contribution in [0, 0.1) is 17.1 Å². The Labute approximate surface area is 83.4 Å². The fourth-order valence-corrected chi connectivity index (χ4v) is 1.09. The first-order valence-corrected chi connectivity index (χ1v) is 4.55. The van der Waals surface area contributed by atoms with Gasteiger partial charge in [-0.25, -0.2) is 4.39 Å². The summed E-state index contributed by atoms with van der Waals surface area (Å²) in [6, 6.07) is 6.79. The number of halogens is 1. The first kappa shape index (κ1) is 10.7. The first-order chi connectivity index (χ1) is 6.63. The summed E-state index contributed by atoms with van der Waals surface area (Å²) in [5.41, 5.74) is 1.03. The lowest BCUT2D eigenvalue weighted by Gasteiger charge is -2.08. The summed E-state index contributed by atoms with van der Waals surface area (Å²) in [5.74, 6) is -0.458. The lowest BCUT2D eigenvalue weighted by atomic mass is 10.1. The van der Waals surface area contributed by atoms with E-state index in [0.717, 1.165) is 5.56 Å².